The standard InChI is InChI=1S/C5H11N2O/c1-6(2)5(8)7(3)4/h1H2,2-4H3/q+1. The first kappa shape index (κ1) is 7.14. The fourth-order valence-electron chi connectivity index (χ4n) is 0.341. The Labute approximate surface area is 49.2 Å². The van der Waals surface area contributed by atoms with Crippen molar-refractivity contribution in [3.63, 3.8) is 0 Å². The lowest BCUT2D eigenvalue weighted by Gasteiger charge is -1.99. The van der Waals surface area contributed by atoms with Gasteiger partial charge >= 0.3 is 6.03 Å². The topological polar surface area (TPSA) is 23.3 Å². The maximum Gasteiger partial charge on any atom is 0.491 e. The van der Waals surface area contributed by atoms with Crippen molar-refractivity contribution in [3.05, 3.63) is 0 Å². The zero-order valence-electron chi connectivity index (χ0n) is 5.51. The van der Waals surface area contributed by atoms with Gasteiger partial charge in [0.15, 0.2) is 0 Å². The maximum absolute atomic E-state index is 10.6. The molecule has 0 aliphatic rings. The van der Waals surface area contributed by atoms with Gasteiger partial charge in [0.05, 0.1) is 27.9 Å². The summed E-state index contributed by atoms with van der Waals surface area (Å²) < 4.78 is 1.28. The largest absolute Gasteiger partial charge is 0.491 e. The molecule has 0 fully saturated rings. The number of carbonyl (C=O) groups is 1. The zero-order valence-corrected chi connectivity index (χ0v) is 5.51. The van der Waals surface area contributed by atoms with Crippen LogP contribution >= 0.6 is 0 Å². The summed E-state index contributed by atoms with van der Waals surface area (Å²) in [6.45, 7) is 3.40. The Kier molecular flexibility index (Phi) is 2.19. The van der Waals surface area contributed by atoms with E-state index in [0.29, 0.717) is 0 Å². The monoisotopic (exact) mass is 115 g/mol. The minimum Gasteiger partial charge on any atom is -0.231 e. The van der Waals surface area contributed by atoms with Crippen molar-refractivity contribution in [1.29, 1.82) is 0 Å². The van der Waals surface area contributed by atoms with Gasteiger partial charge in [-0.1, -0.05) is 0 Å². The normalized spacial score (nSPS) is 8.38. The molecule has 0 aromatic heterocycles. The quantitative estimate of drug-likeness (QED) is 0.322. The number of nitrogens with zero attached hydrogens (tertiary/aromatic N) is 2. The SMILES string of the molecule is C=[N+](C)C(=O)N(C)C. The second-order valence-corrected chi connectivity index (χ2v) is 1.87. The van der Waals surface area contributed by atoms with E-state index in [2.05, 4.69) is 6.72 Å². The lowest BCUT2D eigenvalue weighted by atomic mass is 10.8. The average Bonchev–Trinajstić information content (AvgIpc) is 1.64. The van der Waals surface area contributed by atoms with Crippen LogP contribution in [0.3, 0.4) is 0 Å². The molecule has 0 saturated heterocycles. The summed E-state index contributed by atoms with van der Waals surface area (Å²) in [6.07, 6.45) is 0. The first-order chi connectivity index (χ1) is 3.55. The summed E-state index contributed by atoms with van der Waals surface area (Å²) >= 11 is 0. The fraction of sp³-hybridized carbons (Fsp3) is 0.600. The van der Waals surface area contributed by atoms with Crippen LogP contribution in [0.1, 0.15) is 0 Å². The lowest BCUT2D eigenvalue weighted by Crippen LogP contribution is -2.28. The van der Waals surface area contributed by atoms with Crippen molar-refractivity contribution in [2.75, 3.05) is 21.1 Å². The molecule has 0 saturated carbocycles. The predicted octanol–water partition coefficient (Wildman–Crippen LogP) is 0.0109. The highest BCUT2D eigenvalue weighted by atomic mass is 16.2. The van der Waals surface area contributed by atoms with Crippen LogP contribution in [0.5, 0.6) is 0 Å². The molecule has 3 heteroatoms. The van der Waals surface area contributed by atoms with Gasteiger partial charge in [-0.2, -0.15) is 4.79 Å². The summed E-state index contributed by atoms with van der Waals surface area (Å²) in [5, 5.41) is 0. The zero-order chi connectivity index (χ0) is 6.73. The van der Waals surface area contributed by atoms with E-state index in [9.17, 15) is 4.79 Å². The van der Waals surface area contributed by atoms with Crippen molar-refractivity contribution in [2.45, 2.75) is 0 Å². The van der Waals surface area contributed by atoms with Gasteiger partial charge < -0.3 is 0 Å². The molecule has 46 valence electrons. The summed E-state index contributed by atoms with van der Waals surface area (Å²) in [4.78, 5) is 12.1. The van der Waals surface area contributed by atoms with Crippen LogP contribution in [0.25, 0.3) is 0 Å². The third-order valence-electron chi connectivity index (χ3n) is 0.709. The molecule has 8 heavy (non-hydrogen) atoms. The van der Waals surface area contributed by atoms with Gasteiger partial charge in [-0.25, -0.2) is 9.48 Å². The Morgan fingerprint density at radius 1 is 1.62 bits per heavy atom. The van der Waals surface area contributed by atoms with Crippen LogP contribution in [0.2, 0.25) is 0 Å². The van der Waals surface area contributed by atoms with Crippen molar-refractivity contribution >= 4 is 12.7 Å². The Morgan fingerprint density at radius 2 is 2.00 bits per heavy atom. The van der Waals surface area contributed by atoms with Crippen LogP contribution in [0.4, 0.5) is 4.79 Å². The van der Waals surface area contributed by atoms with Crippen LogP contribution in [0.15, 0.2) is 0 Å². The molecule has 0 aliphatic carbocycles. The minimum absolute atomic E-state index is 0.0926. The molecule has 0 rings (SSSR count). The molecule has 0 aromatic rings. The van der Waals surface area contributed by atoms with Crippen molar-refractivity contribution < 1.29 is 9.37 Å². The van der Waals surface area contributed by atoms with Crippen molar-refractivity contribution in [3.8, 4) is 0 Å². The first-order valence-corrected chi connectivity index (χ1v) is 2.31. The van der Waals surface area contributed by atoms with Crippen LogP contribution < -0.4 is 0 Å². The number of urea groups is 1. The minimum atomic E-state index is -0.0926. The molecule has 2 amide bonds. The Balaban J connectivity index is 3.84. The molecule has 0 heterocycles. The van der Waals surface area contributed by atoms with Gasteiger partial charge in [0.2, 0.25) is 0 Å². The number of hydrogen-bond donors (Lipinski definition) is 0. The summed E-state index contributed by atoms with van der Waals surface area (Å²) in [7, 11) is 4.98. The van der Waals surface area contributed by atoms with Crippen LogP contribution in [-0.2, 0) is 0 Å². The first-order valence-electron chi connectivity index (χ1n) is 2.31. The van der Waals surface area contributed by atoms with Gasteiger partial charge in [-0.15, -0.1) is 0 Å². The third kappa shape index (κ3) is 1.73. The second kappa shape index (κ2) is 2.45. The molecule has 0 aliphatic heterocycles. The highest BCUT2D eigenvalue weighted by Crippen LogP contribution is 1.78. The van der Waals surface area contributed by atoms with E-state index in [1.807, 2.05) is 0 Å². The molecule has 0 aromatic carbocycles. The number of amides is 2. The Hall–Kier alpha value is -0.860. The Morgan fingerprint density at radius 3 is 2.00 bits per heavy atom. The summed E-state index contributed by atoms with van der Waals surface area (Å²) in [6, 6.07) is -0.0926. The van der Waals surface area contributed by atoms with Crippen molar-refractivity contribution in [2.24, 2.45) is 0 Å². The molecule has 0 radical (unpaired) electrons. The fourth-order valence-corrected chi connectivity index (χ4v) is 0.341. The second-order valence-electron chi connectivity index (χ2n) is 1.87. The van der Waals surface area contributed by atoms with Crippen molar-refractivity contribution in [1.82, 2.24) is 4.90 Å². The van der Waals surface area contributed by atoms with Gasteiger partial charge in [0, 0.05) is 0 Å². The van der Waals surface area contributed by atoms with E-state index < -0.39 is 0 Å². The van der Waals surface area contributed by atoms with E-state index in [4.69, 9.17) is 0 Å². The molecule has 3 nitrogen and oxygen atoms in total. The highest BCUT2D eigenvalue weighted by Gasteiger charge is 2.10. The maximum atomic E-state index is 10.6. The van der Waals surface area contributed by atoms with E-state index in [-0.39, 0.29) is 6.03 Å². The van der Waals surface area contributed by atoms with E-state index in [1.165, 1.54) is 9.48 Å². The molecule has 0 atom stereocenters. The third-order valence-corrected chi connectivity index (χ3v) is 0.709. The number of rotatable bonds is 0. The smallest absolute Gasteiger partial charge is 0.231 e. The van der Waals surface area contributed by atoms with Crippen LogP contribution in [-0.4, -0.2) is 43.4 Å². The molecular formula is C5H11N2O+. The molecule has 0 bridgehead atoms. The van der Waals surface area contributed by atoms with E-state index in [0.717, 1.165) is 0 Å². The molecule has 0 N–H and O–H groups in total. The lowest BCUT2D eigenvalue weighted by molar-refractivity contribution is -0.392. The molecule has 0 unspecified atom stereocenters. The van der Waals surface area contributed by atoms with E-state index >= 15 is 0 Å². The van der Waals surface area contributed by atoms with Gasteiger partial charge in [0.1, 0.15) is 0 Å². The number of carbonyl (C=O) groups excluding carboxylic acids is 1. The van der Waals surface area contributed by atoms with E-state index in [1.54, 1.807) is 21.1 Å². The van der Waals surface area contributed by atoms with Gasteiger partial charge in [0.25, 0.3) is 0 Å². The summed E-state index contributed by atoms with van der Waals surface area (Å²) in [5.74, 6) is 0. The average molecular weight is 115 g/mol. The molecular weight excluding hydrogens is 104 g/mol. The summed E-state index contributed by atoms with van der Waals surface area (Å²) in [5.41, 5.74) is 0. The highest BCUT2D eigenvalue weighted by molar-refractivity contribution is 5.66. The molecule has 0 spiro atoms. The number of hydrogen-bond acceptors (Lipinski definition) is 1. The Bertz CT molecular complexity index is 118. The van der Waals surface area contributed by atoms with Crippen LogP contribution in [0, 0.1) is 0 Å². The van der Waals surface area contributed by atoms with Gasteiger partial charge in [-0.3, -0.25) is 0 Å². The predicted molar refractivity (Wildman–Crippen MR) is 32.4 cm³/mol. The van der Waals surface area contributed by atoms with Gasteiger partial charge in [-0.05, 0) is 0 Å².